The molecule has 4 nitrogen and oxygen atoms in total. The van der Waals surface area contributed by atoms with E-state index in [0.717, 1.165) is 0 Å². The first-order valence-corrected chi connectivity index (χ1v) is 4.91. The van der Waals surface area contributed by atoms with Gasteiger partial charge >= 0.3 is 0 Å². The molecule has 1 aromatic rings. The molecule has 0 atom stereocenters. The molecule has 16 heavy (non-hydrogen) atoms. The molecule has 0 fully saturated rings. The van der Waals surface area contributed by atoms with Gasteiger partial charge in [-0.3, -0.25) is 0 Å². The zero-order valence-corrected chi connectivity index (χ0v) is 9.27. The van der Waals surface area contributed by atoms with Gasteiger partial charge in [0.05, 0.1) is 6.61 Å². The number of aromatic hydroxyl groups is 1. The van der Waals surface area contributed by atoms with Crippen molar-refractivity contribution in [2.24, 2.45) is 0 Å². The van der Waals surface area contributed by atoms with Crippen molar-refractivity contribution in [1.82, 2.24) is 0 Å². The molecular weight excluding hydrogens is 208 g/mol. The van der Waals surface area contributed by atoms with E-state index in [2.05, 4.69) is 6.58 Å². The lowest BCUT2D eigenvalue weighted by Crippen LogP contribution is -2.02. The number of hydrogen-bond donors (Lipinski definition) is 2. The third-order valence-corrected chi connectivity index (χ3v) is 2.13. The predicted octanol–water partition coefficient (Wildman–Crippen LogP) is 1.60. The summed E-state index contributed by atoms with van der Waals surface area (Å²) >= 11 is 0. The number of allylic oxidation sites excluding steroid dienone is 1. The number of ether oxygens (including phenoxy) is 2. The van der Waals surface area contributed by atoms with Crippen LogP contribution in [0.1, 0.15) is 11.1 Å². The van der Waals surface area contributed by atoms with Gasteiger partial charge in [-0.25, -0.2) is 0 Å². The van der Waals surface area contributed by atoms with Crippen molar-refractivity contribution in [1.29, 1.82) is 0 Å². The molecule has 0 aliphatic heterocycles. The minimum Gasteiger partial charge on any atom is -0.508 e. The Balaban J connectivity index is 3.01. The minimum absolute atomic E-state index is 0.102. The van der Waals surface area contributed by atoms with Gasteiger partial charge in [0.1, 0.15) is 11.5 Å². The third-order valence-electron chi connectivity index (χ3n) is 2.13. The Kier molecular flexibility index (Phi) is 4.82. The first-order valence-electron chi connectivity index (χ1n) is 4.91. The largest absolute Gasteiger partial charge is 0.508 e. The summed E-state index contributed by atoms with van der Waals surface area (Å²) < 4.78 is 10.1. The first kappa shape index (κ1) is 12.5. The SMILES string of the molecule is C=CCc1cc(OCOC)c(CO)cc1O. The van der Waals surface area contributed by atoms with Gasteiger partial charge in [-0.2, -0.15) is 0 Å². The van der Waals surface area contributed by atoms with E-state index in [9.17, 15) is 5.11 Å². The van der Waals surface area contributed by atoms with E-state index in [0.29, 0.717) is 23.3 Å². The van der Waals surface area contributed by atoms with Crippen molar-refractivity contribution in [3.8, 4) is 11.5 Å². The molecule has 88 valence electrons. The highest BCUT2D eigenvalue weighted by atomic mass is 16.7. The van der Waals surface area contributed by atoms with Gasteiger partial charge in [0.25, 0.3) is 0 Å². The fourth-order valence-electron chi connectivity index (χ4n) is 1.35. The zero-order valence-electron chi connectivity index (χ0n) is 9.27. The van der Waals surface area contributed by atoms with Crippen molar-refractivity contribution in [2.75, 3.05) is 13.9 Å². The molecule has 0 spiro atoms. The fourth-order valence-corrected chi connectivity index (χ4v) is 1.35. The summed E-state index contributed by atoms with van der Waals surface area (Å²) in [5.74, 6) is 0.646. The number of benzene rings is 1. The van der Waals surface area contributed by atoms with Gasteiger partial charge in [0.2, 0.25) is 0 Å². The van der Waals surface area contributed by atoms with Gasteiger partial charge in [0.15, 0.2) is 6.79 Å². The van der Waals surface area contributed by atoms with Crippen molar-refractivity contribution in [3.63, 3.8) is 0 Å². The summed E-state index contributed by atoms with van der Waals surface area (Å²) in [5, 5.41) is 18.8. The molecule has 0 bridgehead atoms. The third kappa shape index (κ3) is 2.98. The van der Waals surface area contributed by atoms with Crippen LogP contribution >= 0.6 is 0 Å². The Morgan fingerprint density at radius 3 is 2.69 bits per heavy atom. The lowest BCUT2D eigenvalue weighted by molar-refractivity contribution is 0.0494. The molecule has 0 saturated heterocycles. The van der Waals surface area contributed by atoms with E-state index in [1.807, 2.05) is 0 Å². The maximum absolute atomic E-state index is 9.66. The van der Waals surface area contributed by atoms with Crippen LogP contribution in [0, 0.1) is 0 Å². The highest BCUT2D eigenvalue weighted by Crippen LogP contribution is 2.28. The lowest BCUT2D eigenvalue weighted by Gasteiger charge is -2.12. The second-order valence-corrected chi connectivity index (χ2v) is 3.29. The molecular formula is C12H16O4. The van der Waals surface area contributed by atoms with Crippen LogP contribution in [-0.4, -0.2) is 24.1 Å². The molecule has 0 aromatic heterocycles. The van der Waals surface area contributed by atoms with Gasteiger partial charge < -0.3 is 19.7 Å². The van der Waals surface area contributed by atoms with Crippen LogP contribution in [-0.2, 0) is 17.8 Å². The Hall–Kier alpha value is -1.52. The summed E-state index contributed by atoms with van der Waals surface area (Å²) in [4.78, 5) is 0. The monoisotopic (exact) mass is 224 g/mol. The molecule has 1 aromatic carbocycles. The molecule has 1 rings (SSSR count). The van der Waals surface area contributed by atoms with Gasteiger partial charge in [-0.15, -0.1) is 6.58 Å². The van der Waals surface area contributed by atoms with Crippen LogP contribution in [0.25, 0.3) is 0 Å². The van der Waals surface area contributed by atoms with E-state index in [4.69, 9.17) is 14.6 Å². The second kappa shape index (κ2) is 6.15. The van der Waals surface area contributed by atoms with E-state index in [1.54, 1.807) is 12.1 Å². The molecule has 0 radical (unpaired) electrons. The molecule has 0 saturated carbocycles. The second-order valence-electron chi connectivity index (χ2n) is 3.29. The molecule has 0 amide bonds. The molecule has 0 heterocycles. The molecule has 0 aliphatic rings. The predicted molar refractivity (Wildman–Crippen MR) is 60.4 cm³/mol. The Labute approximate surface area is 94.7 Å². The first-order chi connectivity index (χ1) is 7.72. The topological polar surface area (TPSA) is 58.9 Å². The fraction of sp³-hybridized carbons (Fsp3) is 0.333. The number of aliphatic hydroxyl groups is 1. The van der Waals surface area contributed by atoms with E-state index in [-0.39, 0.29) is 19.1 Å². The van der Waals surface area contributed by atoms with E-state index < -0.39 is 0 Å². The smallest absolute Gasteiger partial charge is 0.188 e. The number of phenolic OH excluding ortho intramolecular Hbond substituents is 1. The van der Waals surface area contributed by atoms with Crippen molar-refractivity contribution in [2.45, 2.75) is 13.0 Å². The highest BCUT2D eigenvalue weighted by molar-refractivity contribution is 5.46. The number of rotatable bonds is 6. The number of methoxy groups -OCH3 is 1. The Bertz CT molecular complexity index is 360. The van der Waals surface area contributed by atoms with Gasteiger partial charge in [0, 0.05) is 18.2 Å². The van der Waals surface area contributed by atoms with Crippen LogP contribution in [0.4, 0.5) is 0 Å². The number of hydrogen-bond acceptors (Lipinski definition) is 4. The van der Waals surface area contributed by atoms with Gasteiger partial charge in [-0.1, -0.05) is 6.08 Å². The molecule has 0 aliphatic carbocycles. The van der Waals surface area contributed by atoms with Crippen LogP contribution in [0.2, 0.25) is 0 Å². The normalized spacial score (nSPS) is 10.1. The molecule has 2 N–H and O–H groups in total. The Morgan fingerprint density at radius 2 is 2.12 bits per heavy atom. The molecule has 0 unspecified atom stereocenters. The summed E-state index contributed by atoms with van der Waals surface area (Å²) in [5.41, 5.74) is 1.24. The quantitative estimate of drug-likeness (QED) is 0.569. The Morgan fingerprint density at radius 1 is 1.38 bits per heavy atom. The lowest BCUT2D eigenvalue weighted by atomic mass is 10.1. The van der Waals surface area contributed by atoms with Crippen LogP contribution in [0.3, 0.4) is 0 Å². The summed E-state index contributed by atoms with van der Waals surface area (Å²) in [6.07, 6.45) is 2.23. The van der Waals surface area contributed by atoms with Crippen molar-refractivity contribution < 1.29 is 19.7 Å². The standard InChI is InChI=1S/C12H16O4/c1-3-4-9-6-12(16-8-15-2)10(7-13)5-11(9)14/h3,5-6,13-14H,1,4,7-8H2,2H3. The minimum atomic E-state index is -0.193. The maximum Gasteiger partial charge on any atom is 0.188 e. The van der Waals surface area contributed by atoms with Crippen LogP contribution < -0.4 is 4.74 Å². The van der Waals surface area contributed by atoms with Crippen LogP contribution in [0.15, 0.2) is 24.8 Å². The summed E-state index contributed by atoms with van der Waals surface area (Å²) in [6.45, 7) is 3.51. The highest BCUT2D eigenvalue weighted by Gasteiger charge is 2.09. The van der Waals surface area contributed by atoms with E-state index in [1.165, 1.54) is 13.2 Å². The van der Waals surface area contributed by atoms with Crippen LogP contribution in [0.5, 0.6) is 11.5 Å². The summed E-state index contributed by atoms with van der Waals surface area (Å²) in [6, 6.07) is 3.17. The van der Waals surface area contributed by atoms with Crippen molar-refractivity contribution >= 4 is 0 Å². The number of phenols is 1. The summed E-state index contributed by atoms with van der Waals surface area (Å²) in [7, 11) is 1.52. The molecule has 4 heteroatoms. The number of aliphatic hydroxyl groups excluding tert-OH is 1. The average Bonchev–Trinajstić information content (AvgIpc) is 2.29. The van der Waals surface area contributed by atoms with E-state index >= 15 is 0 Å². The van der Waals surface area contributed by atoms with Crippen molar-refractivity contribution in [3.05, 3.63) is 35.9 Å². The van der Waals surface area contributed by atoms with Gasteiger partial charge in [-0.05, 0) is 18.6 Å². The average molecular weight is 224 g/mol. The maximum atomic E-state index is 9.66. The zero-order chi connectivity index (χ0) is 12.0.